The summed E-state index contributed by atoms with van der Waals surface area (Å²) in [6, 6.07) is 7.81. The molecular weight excluding hydrogens is 351 g/mol. The van der Waals surface area contributed by atoms with E-state index in [4.69, 9.17) is 10.1 Å². The summed E-state index contributed by atoms with van der Waals surface area (Å²) in [4.78, 5) is 4.57. The van der Waals surface area contributed by atoms with Crippen molar-refractivity contribution in [2.24, 2.45) is 4.99 Å². The molecule has 0 aromatic heterocycles. The topological polar surface area (TPSA) is 45.4 Å². The summed E-state index contributed by atoms with van der Waals surface area (Å²) in [5.74, 6) is 0.753. The first-order valence-electron chi connectivity index (χ1n) is 10.9. The number of benzene rings is 1. The number of unbranched alkanes of at least 4 members (excludes halogenated alkanes) is 4. The van der Waals surface area contributed by atoms with Gasteiger partial charge in [-0.05, 0) is 30.9 Å². The molecule has 0 radical (unpaired) electrons. The predicted molar refractivity (Wildman–Crippen MR) is 117 cm³/mol. The van der Waals surface area contributed by atoms with E-state index in [1.165, 1.54) is 25.7 Å². The van der Waals surface area contributed by atoms with Gasteiger partial charge in [0, 0.05) is 24.6 Å². The number of alkyl halides is 1. The first kappa shape index (κ1) is 22.3. The number of nitrogens with zero attached hydrogens (tertiary/aromatic N) is 1. The molecule has 0 spiro atoms. The zero-order valence-electron chi connectivity index (χ0n) is 17.5. The minimum absolute atomic E-state index is 0.370. The van der Waals surface area contributed by atoms with Gasteiger partial charge in [0.05, 0.1) is 18.0 Å². The molecule has 0 saturated carbocycles. The third-order valence-electron chi connectivity index (χ3n) is 5.13. The van der Waals surface area contributed by atoms with Gasteiger partial charge < -0.3 is 10.1 Å². The number of rotatable bonds is 13. The Morgan fingerprint density at radius 1 is 1.07 bits per heavy atom. The number of hydrogen-bond donors (Lipinski definition) is 1. The summed E-state index contributed by atoms with van der Waals surface area (Å²) in [5, 5.41) is 8.39. The van der Waals surface area contributed by atoms with E-state index < -0.39 is 6.17 Å². The summed E-state index contributed by atoms with van der Waals surface area (Å²) in [6.45, 7) is 4.58. The first-order chi connectivity index (χ1) is 13.7. The number of halogens is 1. The maximum atomic E-state index is 13.7. The van der Waals surface area contributed by atoms with Crippen LogP contribution in [0.5, 0.6) is 5.75 Å². The highest BCUT2D eigenvalue weighted by atomic mass is 19.1. The highest BCUT2D eigenvalue weighted by molar-refractivity contribution is 6.43. The Labute approximate surface area is 169 Å². The Balaban J connectivity index is 1.96. The molecule has 1 N–H and O–H groups in total. The molecule has 1 aromatic rings. The van der Waals surface area contributed by atoms with E-state index in [0.29, 0.717) is 31.6 Å². The lowest BCUT2D eigenvalue weighted by Crippen LogP contribution is -2.17. The molecule has 1 atom stereocenters. The lowest BCUT2D eigenvalue weighted by Gasteiger charge is -2.18. The fourth-order valence-electron chi connectivity index (χ4n) is 3.46. The largest absolute Gasteiger partial charge is 0.493 e. The molecule has 4 heteroatoms. The van der Waals surface area contributed by atoms with E-state index in [2.05, 4.69) is 11.9 Å². The summed E-state index contributed by atoms with van der Waals surface area (Å²) in [5.41, 5.74) is 3.48. The van der Waals surface area contributed by atoms with E-state index >= 15 is 0 Å². The highest BCUT2D eigenvalue weighted by Crippen LogP contribution is 2.31. The van der Waals surface area contributed by atoms with E-state index in [9.17, 15) is 4.39 Å². The maximum Gasteiger partial charge on any atom is 0.126 e. The van der Waals surface area contributed by atoms with Crippen LogP contribution in [0.2, 0.25) is 0 Å². The van der Waals surface area contributed by atoms with Crippen molar-refractivity contribution < 1.29 is 9.13 Å². The normalized spacial score (nSPS) is 15.2. The third-order valence-corrected chi connectivity index (χ3v) is 5.13. The molecule has 28 heavy (non-hydrogen) atoms. The summed E-state index contributed by atoms with van der Waals surface area (Å²) >= 11 is 0. The molecule has 154 valence electrons. The van der Waals surface area contributed by atoms with Crippen molar-refractivity contribution in [1.29, 1.82) is 5.41 Å². The molecular formula is C24H35FN2O. The molecule has 1 heterocycles. The van der Waals surface area contributed by atoms with Crippen LogP contribution in [0.3, 0.4) is 0 Å². The Hall–Kier alpha value is -1.97. The van der Waals surface area contributed by atoms with Gasteiger partial charge in [0.25, 0.3) is 0 Å². The van der Waals surface area contributed by atoms with E-state index in [0.717, 1.165) is 41.9 Å². The molecule has 0 amide bonds. The van der Waals surface area contributed by atoms with Crippen LogP contribution < -0.4 is 4.74 Å². The van der Waals surface area contributed by atoms with Crippen LogP contribution in [-0.4, -0.2) is 24.2 Å². The zero-order valence-corrected chi connectivity index (χ0v) is 17.5. The molecule has 0 bridgehead atoms. The standard InChI is InChI=1S/C24H35FN2O/c1-3-5-6-7-8-13-23-22(26)17-19(18-27-23)21-12-9-10-14-24(21)28-16-15-20(25)11-4-2/h9-10,12,14,18,20,26H,3-8,11,13,15-17H2,1-2H3. The van der Waals surface area contributed by atoms with E-state index in [1.54, 1.807) is 0 Å². The fraction of sp³-hybridized carbons (Fsp3) is 0.583. The number of ether oxygens (including phenoxy) is 1. The van der Waals surface area contributed by atoms with Crippen LogP contribution in [-0.2, 0) is 0 Å². The van der Waals surface area contributed by atoms with E-state index in [-0.39, 0.29) is 0 Å². The van der Waals surface area contributed by atoms with Crippen molar-refractivity contribution in [3.8, 4) is 5.75 Å². The summed E-state index contributed by atoms with van der Waals surface area (Å²) in [7, 11) is 0. The summed E-state index contributed by atoms with van der Waals surface area (Å²) < 4.78 is 19.6. The Bertz CT molecular complexity index is 681. The summed E-state index contributed by atoms with van der Waals surface area (Å²) in [6.07, 6.45) is 10.5. The van der Waals surface area contributed by atoms with Gasteiger partial charge in [-0.15, -0.1) is 0 Å². The van der Waals surface area contributed by atoms with Crippen molar-refractivity contribution in [2.45, 2.75) is 84.2 Å². The van der Waals surface area contributed by atoms with Crippen LogP contribution >= 0.6 is 0 Å². The Morgan fingerprint density at radius 3 is 2.61 bits per heavy atom. The van der Waals surface area contributed by atoms with E-state index in [1.807, 2.05) is 37.4 Å². The molecule has 1 aliphatic heterocycles. The quantitative estimate of drug-likeness (QED) is 0.359. The maximum absolute atomic E-state index is 13.7. The van der Waals surface area contributed by atoms with Gasteiger partial charge in [-0.3, -0.25) is 4.99 Å². The molecule has 0 aliphatic carbocycles. The van der Waals surface area contributed by atoms with Crippen molar-refractivity contribution in [1.82, 2.24) is 0 Å². The van der Waals surface area contributed by atoms with Gasteiger partial charge in [0.2, 0.25) is 0 Å². The number of para-hydroxylation sites is 1. The second kappa shape index (κ2) is 12.5. The molecule has 0 saturated heterocycles. The van der Waals surface area contributed by atoms with Gasteiger partial charge in [-0.1, -0.05) is 64.2 Å². The van der Waals surface area contributed by atoms with Gasteiger partial charge in [-0.25, -0.2) is 4.39 Å². The fourth-order valence-corrected chi connectivity index (χ4v) is 3.46. The lowest BCUT2D eigenvalue weighted by molar-refractivity contribution is 0.225. The highest BCUT2D eigenvalue weighted by Gasteiger charge is 2.18. The van der Waals surface area contributed by atoms with Gasteiger partial charge in [0.15, 0.2) is 0 Å². The minimum atomic E-state index is -0.802. The van der Waals surface area contributed by atoms with Crippen molar-refractivity contribution >= 4 is 17.0 Å². The van der Waals surface area contributed by atoms with Crippen LogP contribution in [0.4, 0.5) is 4.39 Å². The van der Waals surface area contributed by atoms with Crippen LogP contribution in [0.25, 0.3) is 5.57 Å². The molecule has 1 unspecified atom stereocenters. The van der Waals surface area contributed by atoms with Crippen LogP contribution in [0, 0.1) is 5.41 Å². The van der Waals surface area contributed by atoms with Crippen molar-refractivity contribution in [2.75, 3.05) is 6.61 Å². The average molecular weight is 387 g/mol. The monoisotopic (exact) mass is 386 g/mol. The van der Waals surface area contributed by atoms with Crippen LogP contribution in [0.15, 0.2) is 35.5 Å². The second-order valence-electron chi connectivity index (χ2n) is 7.57. The second-order valence-corrected chi connectivity index (χ2v) is 7.57. The molecule has 1 aliphatic rings. The smallest absolute Gasteiger partial charge is 0.126 e. The minimum Gasteiger partial charge on any atom is -0.493 e. The van der Waals surface area contributed by atoms with Crippen LogP contribution in [0.1, 0.15) is 83.6 Å². The third kappa shape index (κ3) is 7.21. The first-order valence-corrected chi connectivity index (χ1v) is 10.9. The van der Waals surface area contributed by atoms with Crippen molar-refractivity contribution in [3.05, 3.63) is 36.0 Å². The molecule has 1 aromatic carbocycles. The predicted octanol–water partition coefficient (Wildman–Crippen LogP) is 7.16. The average Bonchev–Trinajstić information content (AvgIpc) is 2.69. The van der Waals surface area contributed by atoms with Gasteiger partial charge in [0.1, 0.15) is 11.9 Å². The Kier molecular flexibility index (Phi) is 9.95. The zero-order chi connectivity index (χ0) is 20.2. The number of nitrogens with one attached hydrogen (secondary N) is 1. The molecule has 2 rings (SSSR count). The molecule has 3 nitrogen and oxygen atoms in total. The van der Waals surface area contributed by atoms with Crippen molar-refractivity contribution in [3.63, 3.8) is 0 Å². The number of aliphatic imine (C=N–C) groups is 1. The molecule has 0 fully saturated rings. The Morgan fingerprint density at radius 2 is 1.86 bits per heavy atom. The number of hydrogen-bond acceptors (Lipinski definition) is 3. The van der Waals surface area contributed by atoms with Gasteiger partial charge in [-0.2, -0.15) is 0 Å². The lowest BCUT2D eigenvalue weighted by atomic mass is 9.94. The SMILES string of the molecule is CCCCCCCC1=NC=C(c2ccccc2OCCC(F)CCC)CC1=N. The van der Waals surface area contributed by atoms with Gasteiger partial charge >= 0.3 is 0 Å². The number of allylic oxidation sites excluding steroid dienone is 1.